The first-order chi connectivity index (χ1) is 16.7. The molecule has 0 atom stereocenters. The highest BCUT2D eigenvalue weighted by molar-refractivity contribution is 5.94. The van der Waals surface area contributed by atoms with E-state index in [0.717, 1.165) is 5.69 Å². The number of ether oxygens (including phenoxy) is 1. The third-order valence-electron chi connectivity index (χ3n) is 5.98. The van der Waals surface area contributed by atoms with Gasteiger partial charge in [0.15, 0.2) is 12.4 Å². The number of aromatic nitrogens is 2. The fourth-order valence-corrected chi connectivity index (χ4v) is 4.00. The molecule has 1 saturated heterocycles. The molecule has 0 radical (unpaired) electrons. The van der Waals surface area contributed by atoms with Gasteiger partial charge in [0.25, 0.3) is 5.91 Å². The number of Topliss-reactive ketones (excluding diaryl/α,β-unsaturated/α-hetero) is 1. The first-order valence-corrected chi connectivity index (χ1v) is 11.1. The lowest BCUT2D eigenvalue weighted by Crippen LogP contribution is -2.50. The summed E-state index contributed by atoms with van der Waals surface area (Å²) in [6.07, 6.45) is 1.59. The van der Waals surface area contributed by atoms with Gasteiger partial charge in [0.05, 0.1) is 16.9 Å². The number of H-pyrrole nitrogens is 1. The van der Waals surface area contributed by atoms with E-state index in [2.05, 4.69) is 4.98 Å². The fourth-order valence-electron chi connectivity index (χ4n) is 4.00. The molecule has 2 heterocycles. The van der Waals surface area contributed by atoms with Crippen molar-refractivity contribution >= 4 is 23.3 Å². The van der Waals surface area contributed by atoms with Crippen LogP contribution in [0.15, 0.2) is 53.5 Å². The number of amides is 1. The molecule has 10 heteroatoms. The summed E-state index contributed by atoms with van der Waals surface area (Å²) in [6.45, 7) is 4.29. The van der Waals surface area contributed by atoms with E-state index in [1.165, 1.54) is 29.7 Å². The van der Waals surface area contributed by atoms with E-state index in [4.69, 9.17) is 4.74 Å². The van der Waals surface area contributed by atoms with Crippen LogP contribution in [0.4, 0.5) is 10.1 Å². The molecule has 1 aliphatic heterocycles. The Morgan fingerprint density at radius 2 is 1.66 bits per heavy atom. The molecule has 182 valence electrons. The molecule has 1 amide bonds. The van der Waals surface area contributed by atoms with Gasteiger partial charge in [-0.05, 0) is 56.3 Å². The quantitative estimate of drug-likeness (QED) is 0.429. The Labute approximate surface area is 200 Å². The molecule has 2 aromatic carbocycles. The van der Waals surface area contributed by atoms with E-state index in [9.17, 15) is 23.6 Å². The number of ketones is 1. The van der Waals surface area contributed by atoms with Gasteiger partial charge >= 0.3 is 11.7 Å². The van der Waals surface area contributed by atoms with E-state index < -0.39 is 18.4 Å². The summed E-state index contributed by atoms with van der Waals surface area (Å²) in [5.41, 5.74) is 2.01. The molecule has 0 unspecified atom stereocenters. The number of aryl methyl sites for hydroxylation is 1. The van der Waals surface area contributed by atoms with Crippen LogP contribution in [-0.2, 0) is 9.53 Å². The summed E-state index contributed by atoms with van der Waals surface area (Å²) in [7, 11) is 0. The lowest BCUT2D eigenvalue weighted by atomic mass is 10.1. The summed E-state index contributed by atoms with van der Waals surface area (Å²) in [6, 6.07) is 10.7. The van der Waals surface area contributed by atoms with Crippen LogP contribution < -0.4 is 10.6 Å². The maximum atomic E-state index is 14.4. The number of aromatic amines is 1. The van der Waals surface area contributed by atoms with Crippen LogP contribution in [0.1, 0.15) is 33.3 Å². The molecule has 0 aliphatic carbocycles. The molecule has 1 fully saturated rings. The van der Waals surface area contributed by atoms with Gasteiger partial charge in [0.2, 0.25) is 0 Å². The smallest absolute Gasteiger partial charge is 0.338 e. The van der Waals surface area contributed by atoms with Crippen molar-refractivity contribution in [2.75, 3.05) is 37.7 Å². The van der Waals surface area contributed by atoms with Gasteiger partial charge < -0.3 is 19.5 Å². The number of piperazine rings is 1. The Bertz CT molecular complexity index is 1320. The number of imidazole rings is 1. The molecule has 35 heavy (non-hydrogen) atoms. The van der Waals surface area contributed by atoms with Crippen LogP contribution >= 0.6 is 0 Å². The van der Waals surface area contributed by atoms with E-state index in [0.29, 0.717) is 43.1 Å². The second-order valence-corrected chi connectivity index (χ2v) is 8.28. The van der Waals surface area contributed by atoms with Crippen LogP contribution in [0.5, 0.6) is 0 Å². The minimum absolute atomic E-state index is 0.206. The third-order valence-corrected chi connectivity index (χ3v) is 5.98. The molecule has 4 rings (SSSR count). The van der Waals surface area contributed by atoms with Crippen LogP contribution in [0.2, 0.25) is 0 Å². The lowest BCUT2D eigenvalue weighted by molar-refractivity contribution is -0.134. The Morgan fingerprint density at radius 1 is 1.00 bits per heavy atom. The first-order valence-electron chi connectivity index (χ1n) is 11.1. The van der Waals surface area contributed by atoms with Crippen LogP contribution in [0.3, 0.4) is 0 Å². The van der Waals surface area contributed by atoms with Crippen molar-refractivity contribution in [3.05, 3.63) is 81.8 Å². The first kappa shape index (κ1) is 23.9. The molecule has 3 aromatic rings. The summed E-state index contributed by atoms with van der Waals surface area (Å²) in [5.74, 6) is -1.66. The number of hydrogen-bond donors (Lipinski definition) is 1. The Hall–Kier alpha value is -4.21. The highest BCUT2D eigenvalue weighted by Gasteiger charge is 2.24. The van der Waals surface area contributed by atoms with E-state index in [1.807, 2.05) is 4.90 Å². The molecule has 0 spiro atoms. The van der Waals surface area contributed by atoms with Crippen molar-refractivity contribution in [2.45, 2.75) is 13.8 Å². The number of benzene rings is 2. The SMILES string of the molecule is CC(=O)c1ccc(N2CCN(C(=O)COC(=O)c3ccc(-n4c(C)c[nH]c4=O)cc3)CC2)c(F)c1. The standard InChI is InChI=1S/C25H25FN4O5/c1-16-14-27-25(34)30(16)20-6-3-18(4-7-20)24(33)35-15-23(32)29-11-9-28(10-12-29)22-8-5-19(17(2)31)13-21(22)26/h3-8,13-14H,9-12,15H2,1-2H3,(H,27,34). The van der Waals surface area contributed by atoms with Crippen molar-refractivity contribution in [2.24, 2.45) is 0 Å². The van der Waals surface area contributed by atoms with Gasteiger partial charge in [-0.15, -0.1) is 0 Å². The molecular weight excluding hydrogens is 455 g/mol. The van der Waals surface area contributed by atoms with Crippen molar-refractivity contribution in [3.8, 4) is 5.69 Å². The van der Waals surface area contributed by atoms with Crippen LogP contribution in [0, 0.1) is 12.7 Å². The van der Waals surface area contributed by atoms with Gasteiger partial charge in [0.1, 0.15) is 5.82 Å². The second-order valence-electron chi connectivity index (χ2n) is 8.28. The minimum atomic E-state index is -0.644. The van der Waals surface area contributed by atoms with Crippen molar-refractivity contribution in [1.29, 1.82) is 0 Å². The molecule has 1 aromatic heterocycles. The van der Waals surface area contributed by atoms with E-state index in [1.54, 1.807) is 42.3 Å². The Morgan fingerprint density at radius 3 is 2.23 bits per heavy atom. The number of nitrogens with zero attached hydrogens (tertiary/aromatic N) is 3. The highest BCUT2D eigenvalue weighted by Crippen LogP contribution is 2.22. The molecule has 1 aliphatic rings. The average molecular weight is 480 g/mol. The van der Waals surface area contributed by atoms with Crippen LogP contribution in [0.25, 0.3) is 5.69 Å². The van der Waals surface area contributed by atoms with Gasteiger partial charge in [0, 0.05) is 43.6 Å². The number of nitrogens with one attached hydrogen (secondary N) is 1. The predicted molar refractivity (Wildman–Crippen MR) is 127 cm³/mol. The minimum Gasteiger partial charge on any atom is -0.452 e. The molecule has 0 saturated carbocycles. The van der Waals surface area contributed by atoms with Crippen molar-refractivity contribution in [1.82, 2.24) is 14.5 Å². The van der Waals surface area contributed by atoms with Crippen molar-refractivity contribution in [3.63, 3.8) is 0 Å². The normalized spacial score (nSPS) is 13.6. The number of rotatable bonds is 6. The number of halogens is 1. The third kappa shape index (κ3) is 5.16. The van der Waals surface area contributed by atoms with E-state index >= 15 is 0 Å². The molecular formula is C25H25FN4O5. The highest BCUT2D eigenvalue weighted by atomic mass is 19.1. The Kier molecular flexibility index (Phi) is 6.81. The zero-order chi connectivity index (χ0) is 25.1. The number of esters is 1. The van der Waals surface area contributed by atoms with E-state index in [-0.39, 0.29) is 22.9 Å². The number of carbonyl (C=O) groups is 3. The zero-order valence-electron chi connectivity index (χ0n) is 19.4. The number of anilines is 1. The van der Waals surface area contributed by atoms with Gasteiger partial charge in [-0.2, -0.15) is 0 Å². The maximum absolute atomic E-state index is 14.4. The van der Waals surface area contributed by atoms with Gasteiger partial charge in [-0.25, -0.2) is 14.0 Å². The maximum Gasteiger partial charge on any atom is 0.338 e. The summed E-state index contributed by atoms with van der Waals surface area (Å²) in [5, 5.41) is 0. The number of carbonyl (C=O) groups excluding carboxylic acids is 3. The number of hydrogen-bond acceptors (Lipinski definition) is 6. The second kappa shape index (κ2) is 9.96. The monoisotopic (exact) mass is 480 g/mol. The topological polar surface area (TPSA) is 105 Å². The summed E-state index contributed by atoms with van der Waals surface area (Å²) < 4.78 is 21.1. The Balaban J connectivity index is 1.29. The largest absolute Gasteiger partial charge is 0.452 e. The molecule has 9 nitrogen and oxygen atoms in total. The fraction of sp³-hybridized carbons (Fsp3) is 0.280. The molecule has 0 bridgehead atoms. The summed E-state index contributed by atoms with van der Waals surface area (Å²) in [4.78, 5) is 54.2. The zero-order valence-corrected chi connectivity index (χ0v) is 19.4. The van der Waals surface area contributed by atoms with Gasteiger partial charge in [-0.1, -0.05) is 0 Å². The predicted octanol–water partition coefficient (Wildman–Crippen LogP) is 2.32. The lowest BCUT2D eigenvalue weighted by Gasteiger charge is -2.36. The average Bonchev–Trinajstić information content (AvgIpc) is 3.20. The van der Waals surface area contributed by atoms with Gasteiger partial charge in [-0.3, -0.25) is 14.2 Å². The molecule has 1 N–H and O–H groups in total. The summed E-state index contributed by atoms with van der Waals surface area (Å²) >= 11 is 0. The van der Waals surface area contributed by atoms with Crippen LogP contribution in [-0.4, -0.2) is 64.9 Å². The van der Waals surface area contributed by atoms with Crippen molar-refractivity contribution < 1.29 is 23.5 Å².